The Hall–Kier alpha value is -3.67. The zero-order valence-corrected chi connectivity index (χ0v) is 48.6. The van der Waals surface area contributed by atoms with Crippen LogP contribution in [-0.2, 0) is 28.6 Å². The number of hydrogen-bond acceptors (Lipinski definition) is 6. The Morgan fingerprint density at radius 1 is 0.284 bits per heavy atom. The summed E-state index contributed by atoms with van der Waals surface area (Å²) >= 11 is 0. The molecule has 0 radical (unpaired) electrons. The van der Waals surface area contributed by atoms with Gasteiger partial charge in [-0.1, -0.05) is 272 Å². The highest BCUT2D eigenvalue weighted by Gasteiger charge is 2.19. The Balaban J connectivity index is 3.98. The lowest BCUT2D eigenvalue weighted by Crippen LogP contribution is -2.30. The molecule has 6 nitrogen and oxygen atoms in total. The van der Waals surface area contributed by atoms with Crippen molar-refractivity contribution in [2.75, 3.05) is 13.2 Å². The molecule has 0 heterocycles. The van der Waals surface area contributed by atoms with Crippen LogP contribution in [0.3, 0.4) is 0 Å². The maximum atomic E-state index is 12.8. The van der Waals surface area contributed by atoms with Gasteiger partial charge in [0, 0.05) is 19.3 Å². The van der Waals surface area contributed by atoms with Gasteiger partial charge in [0.2, 0.25) is 0 Å². The van der Waals surface area contributed by atoms with Gasteiger partial charge in [-0.05, 0) is 103 Å². The molecule has 0 rings (SSSR count). The highest BCUT2D eigenvalue weighted by Crippen LogP contribution is 2.16. The molecule has 0 bridgehead atoms. The molecule has 0 aliphatic carbocycles. The van der Waals surface area contributed by atoms with Crippen molar-refractivity contribution in [1.29, 1.82) is 0 Å². The molecule has 0 saturated heterocycles. The van der Waals surface area contributed by atoms with Crippen molar-refractivity contribution in [2.24, 2.45) is 0 Å². The molecule has 0 fully saturated rings. The van der Waals surface area contributed by atoms with Crippen molar-refractivity contribution in [1.82, 2.24) is 0 Å². The minimum atomic E-state index is -0.777. The van der Waals surface area contributed by atoms with Crippen molar-refractivity contribution in [3.8, 4) is 0 Å². The van der Waals surface area contributed by atoms with Crippen molar-refractivity contribution >= 4 is 17.9 Å². The van der Waals surface area contributed by atoms with Gasteiger partial charge < -0.3 is 14.2 Å². The summed E-state index contributed by atoms with van der Waals surface area (Å²) in [7, 11) is 0. The van der Waals surface area contributed by atoms with E-state index in [1.807, 2.05) is 0 Å². The molecule has 424 valence electrons. The Bertz CT molecular complexity index is 1460. The first-order chi connectivity index (χ1) is 36.5. The minimum Gasteiger partial charge on any atom is -0.462 e. The van der Waals surface area contributed by atoms with Gasteiger partial charge >= 0.3 is 17.9 Å². The maximum absolute atomic E-state index is 12.8. The van der Waals surface area contributed by atoms with Crippen LogP contribution in [0.5, 0.6) is 0 Å². The van der Waals surface area contributed by atoms with Crippen LogP contribution >= 0.6 is 0 Å². The van der Waals surface area contributed by atoms with E-state index < -0.39 is 6.10 Å². The number of hydrogen-bond donors (Lipinski definition) is 0. The van der Waals surface area contributed by atoms with Gasteiger partial charge in [-0.15, -0.1) is 0 Å². The quantitative estimate of drug-likeness (QED) is 0.0261. The van der Waals surface area contributed by atoms with Crippen LogP contribution in [0.25, 0.3) is 0 Å². The zero-order valence-electron chi connectivity index (χ0n) is 48.6. The molecule has 1 unspecified atom stereocenters. The smallest absolute Gasteiger partial charge is 0.306 e. The van der Waals surface area contributed by atoms with E-state index in [0.29, 0.717) is 19.3 Å². The summed E-state index contributed by atoms with van der Waals surface area (Å²) in [4.78, 5) is 37.8. The molecule has 0 spiro atoms. The molecule has 0 N–H and O–H groups in total. The number of unbranched alkanes of at least 4 members (excludes halogenated alkanes) is 29. The molecule has 0 aromatic rings. The summed E-state index contributed by atoms with van der Waals surface area (Å²) in [6.07, 6.45) is 83.2. The minimum absolute atomic E-state index is 0.0789. The highest BCUT2D eigenvalue weighted by atomic mass is 16.6. The second-order valence-corrected chi connectivity index (χ2v) is 20.6. The van der Waals surface area contributed by atoms with Gasteiger partial charge in [0.25, 0.3) is 0 Å². The average molecular weight is 1030 g/mol. The van der Waals surface area contributed by atoms with E-state index in [9.17, 15) is 14.4 Å². The van der Waals surface area contributed by atoms with E-state index in [1.54, 1.807) is 0 Å². The van der Waals surface area contributed by atoms with E-state index in [2.05, 4.69) is 118 Å². The van der Waals surface area contributed by atoms with Crippen LogP contribution in [0.1, 0.15) is 297 Å². The first-order valence-corrected chi connectivity index (χ1v) is 31.2. The Kier molecular flexibility index (Phi) is 58.8. The Labute approximate surface area is 457 Å². The average Bonchev–Trinajstić information content (AvgIpc) is 3.40. The van der Waals surface area contributed by atoms with Crippen molar-refractivity contribution in [2.45, 2.75) is 303 Å². The van der Waals surface area contributed by atoms with Crippen LogP contribution in [0, 0.1) is 0 Å². The number of esters is 3. The fourth-order valence-corrected chi connectivity index (χ4v) is 8.65. The second-order valence-electron chi connectivity index (χ2n) is 20.6. The molecule has 6 heteroatoms. The highest BCUT2D eigenvalue weighted by molar-refractivity contribution is 5.71. The molecular formula is C68H116O6. The standard InChI is InChI=1S/C68H116O6/c1-4-7-10-13-15-17-19-21-23-25-26-27-28-29-30-31-32-33-34-35-36-37-38-39-40-41-42-43-45-46-48-50-52-55-58-61-67(70)73-64-65(63-72-66(69)60-57-54-12-9-6-3)74-68(71)62-59-56-53-51-49-47-44-24-22-20-18-16-14-11-8-5-2/h7,10,15,17,21,23-24,26-27,29-30,32-33,35-36,44,65H,4-6,8-9,11-14,16,18-20,22,25,28,31,34,37-43,45-64H2,1-3H3/b10-7-,17-15-,23-21-,27-26-,30-29-,33-32-,36-35-,44-24-. The van der Waals surface area contributed by atoms with E-state index >= 15 is 0 Å². The normalized spacial score (nSPS) is 12.7. The van der Waals surface area contributed by atoms with E-state index in [-0.39, 0.29) is 31.1 Å². The summed E-state index contributed by atoms with van der Waals surface area (Å²) in [5.41, 5.74) is 0. The number of allylic oxidation sites excluding steroid dienone is 16. The second kappa shape index (κ2) is 61.9. The van der Waals surface area contributed by atoms with Crippen LogP contribution < -0.4 is 0 Å². The van der Waals surface area contributed by atoms with Crippen molar-refractivity contribution in [3.63, 3.8) is 0 Å². The predicted molar refractivity (Wildman–Crippen MR) is 320 cm³/mol. The molecule has 0 aliphatic heterocycles. The van der Waals surface area contributed by atoms with Gasteiger partial charge in [-0.3, -0.25) is 14.4 Å². The summed E-state index contributed by atoms with van der Waals surface area (Å²) in [6.45, 7) is 6.45. The fraction of sp³-hybridized carbons (Fsp3) is 0.721. The molecule has 1 atom stereocenters. The van der Waals surface area contributed by atoms with Crippen molar-refractivity contribution < 1.29 is 28.6 Å². The Morgan fingerprint density at radius 3 is 0.838 bits per heavy atom. The first kappa shape index (κ1) is 70.3. The molecule has 0 amide bonds. The third-order valence-electron chi connectivity index (χ3n) is 13.3. The van der Waals surface area contributed by atoms with Crippen LogP contribution in [0.15, 0.2) is 97.2 Å². The predicted octanol–water partition coefficient (Wildman–Crippen LogP) is 21.3. The van der Waals surface area contributed by atoms with E-state index in [4.69, 9.17) is 14.2 Å². The maximum Gasteiger partial charge on any atom is 0.306 e. The number of carbonyl (C=O) groups is 3. The van der Waals surface area contributed by atoms with E-state index in [1.165, 1.54) is 135 Å². The van der Waals surface area contributed by atoms with Gasteiger partial charge in [-0.25, -0.2) is 0 Å². The SMILES string of the molecule is CC/C=C\C/C=C\C/C=C\C/C=C\C/C=C\C/C=C\C/C=C\CCCCCCCCCCCCCCCC(=O)OCC(COC(=O)CCCCCCC)OC(=O)CCCCCCC/C=C\CCCCCCCCC. The fourth-order valence-electron chi connectivity index (χ4n) is 8.65. The van der Waals surface area contributed by atoms with Gasteiger partial charge in [0.1, 0.15) is 13.2 Å². The van der Waals surface area contributed by atoms with Crippen LogP contribution in [-0.4, -0.2) is 37.2 Å². The van der Waals surface area contributed by atoms with Gasteiger partial charge in [-0.2, -0.15) is 0 Å². The first-order valence-electron chi connectivity index (χ1n) is 31.2. The summed E-state index contributed by atoms with van der Waals surface area (Å²) in [5, 5.41) is 0. The summed E-state index contributed by atoms with van der Waals surface area (Å²) in [5.74, 6) is -0.896. The van der Waals surface area contributed by atoms with Gasteiger partial charge in [0.05, 0.1) is 0 Å². The number of ether oxygens (including phenoxy) is 3. The molecular weight excluding hydrogens is 913 g/mol. The monoisotopic (exact) mass is 1030 g/mol. The molecule has 0 aromatic heterocycles. The number of carbonyl (C=O) groups excluding carboxylic acids is 3. The van der Waals surface area contributed by atoms with Crippen LogP contribution in [0.4, 0.5) is 0 Å². The zero-order chi connectivity index (χ0) is 53.6. The third kappa shape index (κ3) is 59.2. The van der Waals surface area contributed by atoms with Crippen LogP contribution in [0.2, 0.25) is 0 Å². The van der Waals surface area contributed by atoms with Crippen molar-refractivity contribution in [3.05, 3.63) is 97.2 Å². The largest absolute Gasteiger partial charge is 0.462 e. The summed E-state index contributed by atoms with van der Waals surface area (Å²) in [6, 6.07) is 0. The molecule has 74 heavy (non-hydrogen) atoms. The molecule has 0 aliphatic rings. The molecule has 0 aromatic carbocycles. The lowest BCUT2D eigenvalue weighted by molar-refractivity contribution is -0.167. The van der Waals surface area contributed by atoms with E-state index in [0.717, 1.165) is 122 Å². The Morgan fingerprint density at radius 2 is 0.527 bits per heavy atom. The topological polar surface area (TPSA) is 78.9 Å². The summed E-state index contributed by atoms with van der Waals surface area (Å²) < 4.78 is 16.7. The number of rotatable bonds is 56. The lowest BCUT2D eigenvalue weighted by atomic mass is 10.0. The van der Waals surface area contributed by atoms with Gasteiger partial charge in [0.15, 0.2) is 6.10 Å². The third-order valence-corrected chi connectivity index (χ3v) is 13.3. The lowest BCUT2D eigenvalue weighted by Gasteiger charge is -2.18. The molecule has 0 saturated carbocycles.